The minimum Gasteiger partial charge on any atom is -0.356 e. The Morgan fingerprint density at radius 3 is 2.58 bits per heavy atom. The molecule has 0 aliphatic carbocycles. The van der Waals surface area contributed by atoms with Crippen LogP contribution in [0, 0.1) is 5.92 Å². The van der Waals surface area contributed by atoms with Gasteiger partial charge in [-0.1, -0.05) is 44.2 Å². The number of rotatable bonds is 6. The van der Waals surface area contributed by atoms with Gasteiger partial charge in [0, 0.05) is 39.6 Å². The smallest absolute Gasteiger partial charge is 0.221 e. The SMILES string of the molecule is CCCNC(=O)CCNC(=NC)N1CCC(c2ccccc2)C(C)C1.I. The molecule has 5 nitrogen and oxygen atoms in total. The zero-order valence-electron chi connectivity index (χ0n) is 16.2. The zero-order chi connectivity index (χ0) is 18.1. The minimum atomic E-state index is 0. The van der Waals surface area contributed by atoms with Crippen LogP contribution in [-0.2, 0) is 4.79 Å². The first-order valence-electron chi connectivity index (χ1n) is 9.43. The van der Waals surface area contributed by atoms with Crippen molar-refractivity contribution in [3.05, 3.63) is 35.9 Å². The normalized spacial score (nSPS) is 20.3. The summed E-state index contributed by atoms with van der Waals surface area (Å²) in [6.07, 6.45) is 2.58. The molecule has 0 radical (unpaired) electrons. The van der Waals surface area contributed by atoms with E-state index in [1.54, 1.807) is 0 Å². The van der Waals surface area contributed by atoms with E-state index in [1.807, 2.05) is 7.05 Å². The number of hydrogen-bond donors (Lipinski definition) is 2. The third kappa shape index (κ3) is 6.78. The van der Waals surface area contributed by atoms with Gasteiger partial charge in [0.05, 0.1) is 0 Å². The van der Waals surface area contributed by atoms with Gasteiger partial charge >= 0.3 is 0 Å². The van der Waals surface area contributed by atoms with Crippen molar-refractivity contribution in [1.29, 1.82) is 0 Å². The summed E-state index contributed by atoms with van der Waals surface area (Å²) in [5.41, 5.74) is 1.44. The first-order valence-corrected chi connectivity index (χ1v) is 9.43. The van der Waals surface area contributed by atoms with E-state index in [0.29, 0.717) is 24.8 Å². The Labute approximate surface area is 175 Å². The molecule has 1 amide bonds. The van der Waals surface area contributed by atoms with Crippen molar-refractivity contribution in [2.24, 2.45) is 10.9 Å². The fraction of sp³-hybridized carbons (Fsp3) is 0.600. The van der Waals surface area contributed by atoms with Gasteiger partial charge in [-0.25, -0.2) is 0 Å². The minimum absolute atomic E-state index is 0. The molecule has 0 bridgehead atoms. The number of nitrogens with one attached hydrogen (secondary N) is 2. The summed E-state index contributed by atoms with van der Waals surface area (Å²) in [5.74, 6) is 2.18. The van der Waals surface area contributed by atoms with Crippen molar-refractivity contribution in [2.75, 3.05) is 33.2 Å². The molecule has 1 aliphatic heterocycles. The molecule has 0 spiro atoms. The molecule has 1 aromatic rings. The molecule has 2 N–H and O–H groups in total. The Morgan fingerprint density at radius 1 is 1.23 bits per heavy atom. The standard InChI is InChI=1S/C20H32N4O.HI/c1-4-12-22-19(25)10-13-23-20(21-3)24-14-11-18(16(2)15-24)17-8-6-5-7-9-17;/h5-9,16,18H,4,10-15H2,1-3H3,(H,21,23)(H,22,25);1H. The van der Waals surface area contributed by atoms with Crippen LogP contribution in [0.4, 0.5) is 0 Å². The molecule has 1 saturated heterocycles. The van der Waals surface area contributed by atoms with Crippen molar-refractivity contribution in [2.45, 2.75) is 39.0 Å². The highest BCUT2D eigenvalue weighted by molar-refractivity contribution is 14.0. The van der Waals surface area contributed by atoms with Gasteiger partial charge in [0.25, 0.3) is 0 Å². The number of guanidine groups is 1. The van der Waals surface area contributed by atoms with Crippen LogP contribution < -0.4 is 10.6 Å². The Balaban J connectivity index is 0.00000338. The van der Waals surface area contributed by atoms with Crippen molar-refractivity contribution < 1.29 is 4.79 Å². The molecular formula is C20H33IN4O. The monoisotopic (exact) mass is 472 g/mol. The molecule has 1 fully saturated rings. The molecule has 1 aliphatic rings. The molecule has 2 unspecified atom stereocenters. The number of benzene rings is 1. The van der Waals surface area contributed by atoms with Crippen molar-refractivity contribution in [3.63, 3.8) is 0 Å². The quantitative estimate of drug-likeness (QED) is 0.380. The maximum Gasteiger partial charge on any atom is 0.221 e. The van der Waals surface area contributed by atoms with Crippen molar-refractivity contribution in [3.8, 4) is 0 Å². The van der Waals surface area contributed by atoms with Gasteiger partial charge in [0.1, 0.15) is 0 Å². The van der Waals surface area contributed by atoms with Gasteiger partial charge in [0.15, 0.2) is 5.96 Å². The lowest BCUT2D eigenvalue weighted by molar-refractivity contribution is -0.120. The van der Waals surface area contributed by atoms with E-state index in [4.69, 9.17) is 0 Å². The van der Waals surface area contributed by atoms with Crippen LogP contribution in [0.25, 0.3) is 0 Å². The highest BCUT2D eigenvalue weighted by Gasteiger charge is 2.28. The summed E-state index contributed by atoms with van der Waals surface area (Å²) in [7, 11) is 1.81. The number of piperidine rings is 1. The number of nitrogens with zero attached hydrogens (tertiary/aromatic N) is 2. The van der Waals surface area contributed by atoms with E-state index in [1.165, 1.54) is 5.56 Å². The summed E-state index contributed by atoms with van der Waals surface area (Å²) >= 11 is 0. The fourth-order valence-electron chi connectivity index (χ4n) is 3.51. The second kappa shape index (κ2) is 12.1. The zero-order valence-corrected chi connectivity index (χ0v) is 18.5. The average molecular weight is 472 g/mol. The summed E-state index contributed by atoms with van der Waals surface area (Å²) in [6, 6.07) is 10.8. The van der Waals surface area contributed by atoms with Crippen LogP contribution >= 0.6 is 24.0 Å². The summed E-state index contributed by atoms with van der Waals surface area (Å²) in [5, 5.41) is 6.24. The Morgan fingerprint density at radius 2 is 1.96 bits per heavy atom. The molecule has 6 heteroatoms. The summed E-state index contributed by atoms with van der Waals surface area (Å²) in [6.45, 7) is 7.72. The van der Waals surface area contributed by atoms with Crippen molar-refractivity contribution in [1.82, 2.24) is 15.5 Å². The lowest BCUT2D eigenvalue weighted by Crippen LogP contribution is -2.48. The second-order valence-electron chi connectivity index (χ2n) is 6.80. The predicted molar refractivity (Wildman–Crippen MR) is 119 cm³/mol. The topological polar surface area (TPSA) is 56.7 Å². The van der Waals surface area contributed by atoms with E-state index >= 15 is 0 Å². The van der Waals surface area contributed by atoms with Gasteiger partial charge in [0.2, 0.25) is 5.91 Å². The molecule has 2 rings (SSSR count). The molecule has 26 heavy (non-hydrogen) atoms. The van der Waals surface area contributed by atoms with Crippen LogP contribution in [0.15, 0.2) is 35.3 Å². The first-order chi connectivity index (χ1) is 12.2. The van der Waals surface area contributed by atoms with E-state index in [9.17, 15) is 4.79 Å². The maximum absolute atomic E-state index is 11.7. The van der Waals surface area contributed by atoms with Gasteiger partial charge in [-0.15, -0.1) is 24.0 Å². The third-order valence-electron chi connectivity index (χ3n) is 4.85. The third-order valence-corrected chi connectivity index (χ3v) is 4.85. The summed E-state index contributed by atoms with van der Waals surface area (Å²) < 4.78 is 0. The first kappa shape index (κ1) is 22.7. The number of carbonyl (C=O) groups is 1. The van der Waals surface area contributed by atoms with Crippen molar-refractivity contribution >= 4 is 35.8 Å². The average Bonchev–Trinajstić information content (AvgIpc) is 2.64. The molecule has 0 saturated carbocycles. The largest absolute Gasteiger partial charge is 0.356 e. The summed E-state index contributed by atoms with van der Waals surface area (Å²) in [4.78, 5) is 18.4. The maximum atomic E-state index is 11.7. The Bertz CT molecular complexity index is 564. The second-order valence-corrected chi connectivity index (χ2v) is 6.80. The van der Waals surface area contributed by atoms with E-state index < -0.39 is 0 Å². The molecule has 1 heterocycles. The van der Waals surface area contributed by atoms with E-state index in [0.717, 1.165) is 38.4 Å². The molecular weight excluding hydrogens is 439 g/mol. The van der Waals surface area contributed by atoms with Crippen LogP contribution in [0.1, 0.15) is 44.6 Å². The van der Waals surface area contributed by atoms with Crippen LogP contribution in [0.5, 0.6) is 0 Å². The molecule has 1 aromatic carbocycles. The number of aliphatic imine (C=N–C) groups is 1. The number of halogens is 1. The van der Waals surface area contributed by atoms with Gasteiger partial charge in [-0.05, 0) is 30.2 Å². The Hall–Kier alpha value is -1.31. The molecule has 146 valence electrons. The van der Waals surface area contributed by atoms with E-state index in [-0.39, 0.29) is 29.9 Å². The predicted octanol–water partition coefficient (Wildman–Crippen LogP) is 3.22. The van der Waals surface area contributed by atoms with E-state index in [2.05, 4.69) is 64.7 Å². The van der Waals surface area contributed by atoms with Gasteiger partial charge in [-0.2, -0.15) is 0 Å². The number of likely N-dealkylation sites (tertiary alicyclic amines) is 1. The van der Waals surface area contributed by atoms with Crippen LogP contribution in [-0.4, -0.2) is 50.0 Å². The lowest BCUT2D eigenvalue weighted by atomic mass is 9.82. The molecule has 0 aromatic heterocycles. The van der Waals surface area contributed by atoms with Gasteiger partial charge < -0.3 is 15.5 Å². The van der Waals surface area contributed by atoms with Crippen LogP contribution in [0.2, 0.25) is 0 Å². The number of carbonyl (C=O) groups excluding carboxylic acids is 1. The highest BCUT2D eigenvalue weighted by atomic mass is 127. The lowest BCUT2D eigenvalue weighted by Gasteiger charge is -2.38. The molecule has 2 atom stereocenters. The number of amides is 1. The highest BCUT2D eigenvalue weighted by Crippen LogP contribution is 2.32. The van der Waals surface area contributed by atoms with Crippen LogP contribution in [0.3, 0.4) is 0 Å². The number of hydrogen-bond acceptors (Lipinski definition) is 2. The Kier molecular flexibility index (Phi) is 10.6. The fourth-order valence-corrected chi connectivity index (χ4v) is 3.51. The van der Waals surface area contributed by atoms with Gasteiger partial charge in [-0.3, -0.25) is 9.79 Å².